The van der Waals surface area contributed by atoms with Gasteiger partial charge in [0.15, 0.2) is 5.78 Å². The minimum atomic E-state index is -0.605. The second-order valence-electron chi connectivity index (χ2n) is 4.66. The Bertz CT molecular complexity index is 770. The highest BCUT2D eigenvalue weighted by Gasteiger charge is 2.22. The highest BCUT2D eigenvalue weighted by molar-refractivity contribution is 7.17. The number of amides is 2. The fourth-order valence-corrected chi connectivity index (χ4v) is 2.85. The summed E-state index contributed by atoms with van der Waals surface area (Å²) in [6.07, 6.45) is 1.51. The summed E-state index contributed by atoms with van der Waals surface area (Å²) >= 11 is 1.06. The quantitative estimate of drug-likeness (QED) is 0.634. The summed E-state index contributed by atoms with van der Waals surface area (Å²) in [6.45, 7) is 3.65. The fraction of sp³-hybridized carbons (Fsp3) is 0.267. The van der Waals surface area contributed by atoms with Gasteiger partial charge < -0.3 is 10.1 Å². The molecule has 2 aromatic rings. The van der Waals surface area contributed by atoms with E-state index >= 15 is 0 Å². The van der Waals surface area contributed by atoms with Crippen LogP contribution in [0.15, 0.2) is 18.3 Å². The number of carbonyl (C=O) groups is 3. The number of hydrogen-bond acceptors (Lipinski definition) is 7. The number of thiazole rings is 1. The van der Waals surface area contributed by atoms with Crippen LogP contribution in [-0.4, -0.2) is 41.4 Å². The van der Waals surface area contributed by atoms with Crippen LogP contribution < -0.4 is 10.6 Å². The van der Waals surface area contributed by atoms with Crippen LogP contribution in [0.4, 0.5) is 10.6 Å². The van der Waals surface area contributed by atoms with Crippen molar-refractivity contribution in [1.82, 2.24) is 15.3 Å². The van der Waals surface area contributed by atoms with Gasteiger partial charge in [-0.3, -0.25) is 10.1 Å². The van der Waals surface area contributed by atoms with Gasteiger partial charge >= 0.3 is 12.0 Å². The van der Waals surface area contributed by atoms with Gasteiger partial charge in [0.1, 0.15) is 21.4 Å². The normalized spacial score (nSPS) is 10.1. The van der Waals surface area contributed by atoms with Crippen LogP contribution >= 0.6 is 11.3 Å². The van der Waals surface area contributed by atoms with E-state index in [-0.39, 0.29) is 22.4 Å². The molecule has 2 aromatic heterocycles. The van der Waals surface area contributed by atoms with Crippen LogP contribution in [0.5, 0.6) is 0 Å². The molecule has 0 aliphatic heterocycles. The largest absolute Gasteiger partial charge is 0.465 e. The van der Waals surface area contributed by atoms with Crippen molar-refractivity contribution in [3.63, 3.8) is 0 Å². The van der Waals surface area contributed by atoms with E-state index in [1.165, 1.54) is 20.2 Å². The molecule has 9 heteroatoms. The number of esters is 1. The number of carbonyl (C=O) groups excluding carboxylic acids is 3. The average molecular weight is 348 g/mol. The molecule has 0 spiro atoms. The molecule has 0 fully saturated rings. The van der Waals surface area contributed by atoms with Crippen LogP contribution in [-0.2, 0) is 4.74 Å². The SMILES string of the molecule is CCNC(=O)Nc1ccc(-c2nc(C(C)=O)c(C(=O)OC)s2)cn1. The third-order valence-electron chi connectivity index (χ3n) is 2.92. The van der Waals surface area contributed by atoms with Crippen molar-refractivity contribution in [2.45, 2.75) is 13.8 Å². The van der Waals surface area contributed by atoms with Gasteiger partial charge in [-0.15, -0.1) is 11.3 Å². The average Bonchev–Trinajstić information content (AvgIpc) is 3.00. The molecule has 2 amide bonds. The number of nitrogens with one attached hydrogen (secondary N) is 2. The van der Waals surface area contributed by atoms with Gasteiger partial charge in [-0.25, -0.2) is 19.6 Å². The molecule has 0 atom stereocenters. The molecule has 0 aliphatic carbocycles. The third-order valence-corrected chi connectivity index (χ3v) is 4.01. The van der Waals surface area contributed by atoms with Crippen molar-refractivity contribution in [2.75, 3.05) is 19.0 Å². The molecular weight excluding hydrogens is 332 g/mol. The van der Waals surface area contributed by atoms with Gasteiger partial charge in [-0.05, 0) is 19.1 Å². The van der Waals surface area contributed by atoms with Gasteiger partial charge in [-0.2, -0.15) is 0 Å². The van der Waals surface area contributed by atoms with Crippen LogP contribution in [0.2, 0.25) is 0 Å². The number of nitrogens with zero attached hydrogens (tertiary/aromatic N) is 2. The molecule has 0 aliphatic rings. The predicted molar refractivity (Wildman–Crippen MR) is 89.4 cm³/mol. The molecule has 0 unspecified atom stereocenters. The first-order chi connectivity index (χ1) is 11.5. The van der Waals surface area contributed by atoms with Gasteiger partial charge in [-0.1, -0.05) is 0 Å². The van der Waals surface area contributed by atoms with Gasteiger partial charge in [0.05, 0.1) is 7.11 Å². The second-order valence-corrected chi connectivity index (χ2v) is 5.66. The standard InChI is InChI=1S/C15H16N4O4S/c1-4-16-15(22)18-10-6-5-9(7-17-10)13-19-11(8(2)20)12(24-13)14(21)23-3/h5-7H,4H2,1-3H3,(H2,16,17,18,22). The Balaban J connectivity index is 2.27. The first-order valence-corrected chi connectivity index (χ1v) is 7.89. The lowest BCUT2D eigenvalue weighted by Gasteiger charge is -2.05. The summed E-state index contributed by atoms with van der Waals surface area (Å²) in [5.74, 6) is -0.548. The Morgan fingerprint density at radius 2 is 2.04 bits per heavy atom. The summed E-state index contributed by atoms with van der Waals surface area (Å²) in [5, 5.41) is 5.64. The van der Waals surface area contributed by atoms with Crippen molar-refractivity contribution >= 4 is 34.9 Å². The van der Waals surface area contributed by atoms with E-state index in [0.29, 0.717) is 22.9 Å². The monoisotopic (exact) mass is 348 g/mol. The molecule has 0 saturated carbocycles. The van der Waals surface area contributed by atoms with Crippen molar-refractivity contribution in [3.8, 4) is 10.6 Å². The maximum Gasteiger partial charge on any atom is 0.350 e. The summed E-state index contributed by atoms with van der Waals surface area (Å²) in [5.41, 5.74) is 0.700. The van der Waals surface area contributed by atoms with Crippen LogP contribution in [0.25, 0.3) is 10.6 Å². The van der Waals surface area contributed by atoms with E-state index in [4.69, 9.17) is 0 Å². The highest BCUT2D eigenvalue weighted by atomic mass is 32.1. The topological polar surface area (TPSA) is 110 Å². The Labute approximate surface area is 142 Å². The van der Waals surface area contributed by atoms with E-state index in [9.17, 15) is 14.4 Å². The van der Waals surface area contributed by atoms with E-state index in [0.717, 1.165) is 11.3 Å². The van der Waals surface area contributed by atoms with Crippen molar-refractivity contribution < 1.29 is 19.1 Å². The predicted octanol–water partition coefficient (Wildman–Crippen LogP) is 2.34. The molecule has 2 heterocycles. The Morgan fingerprint density at radius 3 is 2.58 bits per heavy atom. The lowest BCUT2D eigenvalue weighted by molar-refractivity contribution is 0.0602. The van der Waals surface area contributed by atoms with E-state index < -0.39 is 5.97 Å². The summed E-state index contributed by atoms with van der Waals surface area (Å²) < 4.78 is 4.67. The number of aromatic nitrogens is 2. The molecular formula is C15H16N4O4S. The van der Waals surface area contributed by atoms with Crippen LogP contribution in [0.3, 0.4) is 0 Å². The summed E-state index contributed by atoms with van der Waals surface area (Å²) in [7, 11) is 1.25. The molecule has 126 valence electrons. The van der Waals surface area contributed by atoms with Crippen LogP contribution in [0.1, 0.15) is 34.0 Å². The van der Waals surface area contributed by atoms with Gasteiger partial charge in [0, 0.05) is 25.2 Å². The zero-order valence-corrected chi connectivity index (χ0v) is 14.2. The van der Waals surface area contributed by atoms with Gasteiger partial charge in [0.2, 0.25) is 0 Å². The maximum atomic E-state index is 11.7. The molecule has 0 saturated heterocycles. The number of Topliss-reactive ketones (excluding diaryl/α,β-unsaturated/α-hetero) is 1. The molecule has 2 N–H and O–H groups in total. The number of pyridine rings is 1. The molecule has 8 nitrogen and oxygen atoms in total. The number of anilines is 1. The van der Waals surface area contributed by atoms with E-state index in [1.807, 2.05) is 6.92 Å². The molecule has 0 radical (unpaired) electrons. The molecule has 0 aromatic carbocycles. The minimum absolute atomic E-state index is 0.0753. The van der Waals surface area contributed by atoms with Crippen molar-refractivity contribution in [3.05, 3.63) is 28.9 Å². The van der Waals surface area contributed by atoms with Gasteiger partial charge in [0.25, 0.3) is 0 Å². The Morgan fingerprint density at radius 1 is 1.29 bits per heavy atom. The molecule has 0 bridgehead atoms. The lowest BCUT2D eigenvalue weighted by Crippen LogP contribution is -2.28. The summed E-state index contributed by atoms with van der Waals surface area (Å²) in [4.78, 5) is 43.3. The minimum Gasteiger partial charge on any atom is -0.465 e. The van der Waals surface area contributed by atoms with Crippen molar-refractivity contribution in [1.29, 1.82) is 0 Å². The third kappa shape index (κ3) is 3.93. The fourth-order valence-electron chi connectivity index (χ4n) is 1.83. The van der Waals surface area contributed by atoms with E-state index in [2.05, 4.69) is 25.3 Å². The molecule has 24 heavy (non-hydrogen) atoms. The number of ether oxygens (including phenoxy) is 1. The van der Waals surface area contributed by atoms with Crippen molar-refractivity contribution in [2.24, 2.45) is 0 Å². The number of rotatable bonds is 5. The Kier molecular flexibility index (Phi) is 5.59. The van der Waals surface area contributed by atoms with E-state index in [1.54, 1.807) is 12.1 Å². The molecule has 2 rings (SSSR count). The smallest absolute Gasteiger partial charge is 0.350 e. The number of urea groups is 1. The Hall–Kier alpha value is -2.81. The lowest BCUT2D eigenvalue weighted by atomic mass is 10.2. The number of methoxy groups -OCH3 is 1. The maximum absolute atomic E-state index is 11.7. The zero-order chi connectivity index (χ0) is 17.7. The number of hydrogen-bond donors (Lipinski definition) is 2. The second kappa shape index (κ2) is 7.64. The number of ketones is 1. The van der Waals surface area contributed by atoms with Crippen LogP contribution in [0, 0.1) is 0 Å². The highest BCUT2D eigenvalue weighted by Crippen LogP contribution is 2.29. The summed E-state index contributed by atoms with van der Waals surface area (Å²) in [6, 6.07) is 2.95. The first kappa shape index (κ1) is 17.5. The first-order valence-electron chi connectivity index (χ1n) is 7.07. The zero-order valence-electron chi connectivity index (χ0n) is 13.4.